The van der Waals surface area contributed by atoms with Crippen LogP contribution in [0.5, 0.6) is 0 Å². The third kappa shape index (κ3) is 4.55. The summed E-state index contributed by atoms with van der Waals surface area (Å²) in [5, 5.41) is 2.79. The van der Waals surface area contributed by atoms with Gasteiger partial charge in [-0.2, -0.15) is 0 Å². The first kappa shape index (κ1) is 16.5. The summed E-state index contributed by atoms with van der Waals surface area (Å²) in [6.07, 6.45) is 5.66. The number of benzene rings is 1. The monoisotopic (exact) mass is 306 g/mol. The maximum absolute atomic E-state index is 12.8. The zero-order valence-electron chi connectivity index (χ0n) is 13.0. The summed E-state index contributed by atoms with van der Waals surface area (Å²) in [4.78, 5) is 25.6. The molecule has 2 amide bonds. The maximum atomic E-state index is 12.8. The molecule has 1 aliphatic carbocycles. The van der Waals surface area contributed by atoms with Gasteiger partial charge in [-0.25, -0.2) is 4.39 Å². The summed E-state index contributed by atoms with van der Waals surface area (Å²) in [7, 11) is 0. The molecule has 0 bridgehead atoms. The van der Waals surface area contributed by atoms with Gasteiger partial charge < -0.3 is 10.2 Å². The standard InChI is InChI=1S/C17H23FN2O2/c1-13(21)20(16-5-3-2-4-6-16)12-11-19-17(22)14-7-9-15(18)10-8-14/h7-10,16H,2-6,11-12H2,1H3,(H,19,22). The predicted octanol–water partition coefficient (Wildman–Crippen LogP) is 2.74. The Bertz CT molecular complexity index is 510. The summed E-state index contributed by atoms with van der Waals surface area (Å²) in [5.41, 5.74) is 0.424. The van der Waals surface area contributed by atoms with E-state index in [9.17, 15) is 14.0 Å². The van der Waals surface area contributed by atoms with E-state index in [-0.39, 0.29) is 17.6 Å². The van der Waals surface area contributed by atoms with Crippen LogP contribution in [-0.2, 0) is 4.79 Å². The number of carbonyl (C=O) groups is 2. The van der Waals surface area contributed by atoms with Crippen LogP contribution in [-0.4, -0.2) is 35.8 Å². The minimum absolute atomic E-state index is 0.0583. The van der Waals surface area contributed by atoms with E-state index in [1.54, 1.807) is 6.92 Å². The van der Waals surface area contributed by atoms with Gasteiger partial charge in [-0.05, 0) is 37.1 Å². The highest BCUT2D eigenvalue weighted by molar-refractivity contribution is 5.94. The van der Waals surface area contributed by atoms with E-state index >= 15 is 0 Å². The van der Waals surface area contributed by atoms with Crippen LogP contribution in [0.4, 0.5) is 4.39 Å². The Kier molecular flexibility index (Phi) is 5.92. The molecule has 0 unspecified atom stereocenters. The van der Waals surface area contributed by atoms with E-state index in [4.69, 9.17) is 0 Å². The number of hydrogen-bond donors (Lipinski definition) is 1. The zero-order valence-corrected chi connectivity index (χ0v) is 13.0. The van der Waals surface area contributed by atoms with Crippen molar-refractivity contribution in [1.82, 2.24) is 10.2 Å². The summed E-state index contributed by atoms with van der Waals surface area (Å²) in [6.45, 7) is 2.51. The molecule has 0 spiro atoms. The largest absolute Gasteiger partial charge is 0.350 e. The number of hydrogen-bond acceptors (Lipinski definition) is 2. The Morgan fingerprint density at radius 2 is 1.82 bits per heavy atom. The first-order valence-electron chi connectivity index (χ1n) is 7.89. The van der Waals surface area contributed by atoms with Crippen LogP contribution in [0.1, 0.15) is 49.4 Å². The molecule has 0 atom stereocenters. The summed E-state index contributed by atoms with van der Waals surface area (Å²) < 4.78 is 12.8. The molecular formula is C17H23FN2O2. The number of amides is 2. The Labute approximate surface area is 130 Å². The van der Waals surface area contributed by atoms with Crippen molar-refractivity contribution in [2.75, 3.05) is 13.1 Å². The molecule has 1 N–H and O–H groups in total. The zero-order chi connectivity index (χ0) is 15.9. The maximum Gasteiger partial charge on any atom is 0.251 e. The Hall–Kier alpha value is -1.91. The van der Waals surface area contributed by atoms with E-state index in [1.807, 2.05) is 4.90 Å². The molecule has 2 rings (SSSR count). The highest BCUT2D eigenvalue weighted by atomic mass is 19.1. The number of nitrogens with zero attached hydrogens (tertiary/aromatic N) is 1. The Morgan fingerprint density at radius 1 is 1.18 bits per heavy atom. The second kappa shape index (κ2) is 7.92. The van der Waals surface area contributed by atoms with Gasteiger partial charge in [0.2, 0.25) is 5.91 Å². The lowest BCUT2D eigenvalue weighted by molar-refractivity contribution is -0.131. The molecule has 1 aromatic carbocycles. The second-order valence-corrected chi connectivity index (χ2v) is 5.77. The number of carbonyl (C=O) groups excluding carboxylic acids is 2. The van der Waals surface area contributed by atoms with E-state index in [0.29, 0.717) is 24.7 Å². The minimum atomic E-state index is -0.364. The molecule has 0 aromatic heterocycles. The van der Waals surface area contributed by atoms with E-state index in [0.717, 1.165) is 25.7 Å². The molecule has 1 aromatic rings. The third-order valence-corrected chi connectivity index (χ3v) is 4.16. The van der Waals surface area contributed by atoms with Crippen molar-refractivity contribution in [3.63, 3.8) is 0 Å². The number of rotatable bonds is 5. The lowest BCUT2D eigenvalue weighted by Gasteiger charge is -2.33. The van der Waals surface area contributed by atoms with Crippen molar-refractivity contribution in [2.45, 2.75) is 45.1 Å². The van der Waals surface area contributed by atoms with Gasteiger partial charge in [0.25, 0.3) is 5.91 Å². The molecule has 1 fully saturated rings. The van der Waals surface area contributed by atoms with Gasteiger partial charge in [0, 0.05) is 31.6 Å². The van der Waals surface area contributed by atoms with Crippen LogP contribution in [0.2, 0.25) is 0 Å². The number of nitrogens with one attached hydrogen (secondary N) is 1. The van der Waals surface area contributed by atoms with Crippen molar-refractivity contribution in [3.8, 4) is 0 Å². The van der Waals surface area contributed by atoms with Gasteiger partial charge in [0.1, 0.15) is 5.82 Å². The summed E-state index contributed by atoms with van der Waals surface area (Å²) in [6, 6.07) is 5.73. The minimum Gasteiger partial charge on any atom is -0.350 e. The van der Waals surface area contributed by atoms with Gasteiger partial charge in [0.05, 0.1) is 0 Å². The Balaban J connectivity index is 1.83. The summed E-state index contributed by atoms with van der Waals surface area (Å²) in [5.74, 6) is -0.549. The molecule has 22 heavy (non-hydrogen) atoms. The second-order valence-electron chi connectivity index (χ2n) is 5.77. The van der Waals surface area contributed by atoms with Crippen molar-refractivity contribution < 1.29 is 14.0 Å². The molecule has 1 saturated carbocycles. The SMILES string of the molecule is CC(=O)N(CCNC(=O)c1ccc(F)cc1)C1CCCCC1. The molecule has 0 radical (unpaired) electrons. The van der Waals surface area contributed by atoms with Gasteiger partial charge in [-0.15, -0.1) is 0 Å². The van der Waals surface area contributed by atoms with Gasteiger partial charge in [-0.3, -0.25) is 9.59 Å². The molecule has 5 heteroatoms. The van der Waals surface area contributed by atoms with E-state index in [1.165, 1.54) is 30.7 Å². The fraction of sp³-hybridized carbons (Fsp3) is 0.529. The first-order valence-corrected chi connectivity index (χ1v) is 7.89. The van der Waals surface area contributed by atoms with Crippen molar-refractivity contribution in [3.05, 3.63) is 35.6 Å². The average molecular weight is 306 g/mol. The first-order chi connectivity index (χ1) is 10.6. The lowest BCUT2D eigenvalue weighted by Crippen LogP contribution is -2.44. The van der Waals surface area contributed by atoms with Crippen LogP contribution in [0.15, 0.2) is 24.3 Å². The van der Waals surface area contributed by atoms with Gasteiger partial charge in [-0.1, -0.05) is 19.3 Å². The smallest absolute Gasteiger partial charge is 0.251 e. The van der Waals surface area contributed by atoms with Crippen LogP contribution in [0, 0.1) is 5.82 Å². The van der Waals surface area contributed by atoms with E-state index in [2.05, 4.69) is 5.32 Å². The molecule has 0 heterocycles. The average Bonchev–Trinajstić information content (AvgIpc) is 2.52. The van der Waals surface area contributed by atoms with Crippen LogP contribution < -0.4 is 5.32 Å². The predicted molar refractivity (Wildman–Crippen MR) is 83.0 cm³/mol. The topological polar surface area (TPSA) is 49.4 Å². The fourth-order valence-corrected chi connectivity index (χ4v) is 2.98. The summed E-state index contributed by atoms with van der Waals surface area (Å²) >= 11 is 0. The van der Waals surface area contributed by atoms with Crippen molar-refractivity contribution in [1.29, 1.82) is 0 Å². The molecule has 0 saturated heterocycles. The van der Waals surface area contributed by atoms with Gasteiger partial charge >= 0.3 is 0 Å². The van der Waals surface area contributed by atoms with Crippen molar-refractivity contribution in [2.24, 2.45) is 0 Å². The molecule has 4 nitrogen and oxygen atoms in total. The fourth-order valence-electron chi connectivity index (χ4n) is 2.98. The third-order valence-electron chi connectivity index (χ3n) is 4.16. The van der Waals surface area contributed by atoms with E-state index < -0.39 is 0 Å². The van der Waals surface area contributed by atoms with Crippen LogP contribution >= 0.6 is 0 Å². The van der Waals surface area contributed by atoms with Gasteiger partial charge in [0.15, 0.2) is 0 Å². The molecule has 1 aliphatic rings. The highest BCUT2D eigenvalue weighted by Gasteiger charge is 2.22. The molecular weight excluding hydrogens is 283 g/mol. The molecule has 0 aliphatic heterocycles. The van der Waals surface area contributed by atoms with Crippen molar-refractivity contribution >= 4 is 11.8 Å². The lowest BCUT2D eigenvalue weighted by atomic mass is 9.94. The quantitative estimate of drug-likeness (QED) is 0.909. The molecule has 120 valence electrons. The number of halogens is 1. The Morgan fingerprint density at radius 3 is 2.41 bits per heavy atom. The van der Waals surface area contributed by atoms with Crippen LogP contribution in [0.25, 0.3) is 0 Å². The normalized spacial score (nSPS) is 15.4. The highest BCUT2D eigenvalue weighted by Crippen LogP contribution is 2.22. The van der Waals surface area contributed by atoms with Crippen LogP contribution in [0.3, 0.4) is 0 Å².